The number of piperazine rings is 1. The third kappa shape index (κ3) is 6.31. The van der Waals surface area contributed by atoms with Crippen molar-refractivity contribution in [1.29, 1.82) is 0 Å². The molecule has 0 spiro atoms. The van der Waals surface area contributed by atoms with Crippen LogP contribution in [0.3, 0.4) is 0 Å². The van der Waals surface area contributed by atoms with Gasteiger partial charge in [-0.15, -0.1) is 0 Å². The van der Waals surface area contributed by atoms with Gasteiger partial charge >= 0.3 is 0 Å². The summed E-state index contributed by atoms with van der Waals surface area (Å²) >= 11 is 0. The fourth-order valence-corrected chi connectivity index (χ4v) is 6.05. The van der Waals surface area contributed by atoms with E-state index >= 15 is 0 Å². The number of imidazole rings is 1. The molecule has 5 aromatic heterocycles. The number of pyridine rings is 3. The number of rotatable bonds is 8. The molecule has 0 radical (unpaired) electrons. The molecule has 1 fully saturated rings. The average molecular weight is 627 g/mol. The third-order valence-corrected chi connectivity index (χ3v) is 8.64. The first-order valence-electron chi connectivity index (χ1n) is 14.5. The number of H-pyrrole nitrogens is 2. The summed E-state index contributed by atoms with van der Waals surface area (Å²) in [6, 6.07) is 8.58. The maximum absolute atomic E-state index is 14.6. The molecule has 1 saturated heterocycles. The average Bonchev–Trinajstić information content (AvgIpc) is 3.64. The van der Waals surface area contributed by atoms with Crippen molar-refractivity contribution >= 4 is 32.1 Å². The van der Waals surface area contributed by atoms with Crippen LogP contribution in [0.25, 0.3) is 55.8 Å². The minimum absolute atomic E-state index is 0.0400. The zero-order chi connectivity index (χ0) is 31.1. The molecule has 1 aliphatic heterocycles. The van der Waals surface area contributed by atoms with Gasteiger partial charge in [0.1, 0.15) is 11.5 Å². The number of hydrogen-bond acceptors (Lipinski definition) is 9. The molecule has 230 valence electrons. The third-order valence-electron chi connectivity index (χ3n) is 7.97. The Morgan fingerprint density at radius 2 is 1.69 bits per heavy atom. The van der Waals surface area contributed by atoms with E-state index in [0.717, 1.165) is 61.1 Å². The maximum atomic E-state index is 14.6. The lowest BCUT2D eigenvalue weighted by Crippen LogP contribution is -2.43. The fraction of sp³-hybridized carbons (Fsp3) is 0.258. The van der Waals surface area contributed by atoms with Gasteiger partial charge in [0, 0.05) is 80.7 Å². The highest BCUT2D eigenvalue weighted by atomic mass is 32.2. The molecule has 0 atom stereocenters. The van der Waals surface area contributed by atoms with Crippen LogP contribution in [0.4, 0.5) is 4.39 Å². The summed E-state index contributed by atoms with van der Waals surface area (Å²) in [6.07, 6.45) is 9.89. The van der Waals surface area contributed by atoms with E-state index in [0.29, 0.717) is 44.9 Å². The Hall–Kier alpha value is -4.63. The van der Waals surface area contributed by atoms with Gasteiger partial charge in [-0.05, 0) is 54.1 Å². The van der Waals surface area contributed by atoms with Gasteiger partial charge in [0.2, 0.25) is 10.0 Å². The Labute approximate surface area is 258 Å². The van der Waals surface area contributed by atoms with Crippen molar-refractivity contribution in [2.45, 2.75) is 13.1 Å². The van der Waals surface area contributed by atoms with Crippen molar-refractivity contribution in [2.24, 2.45) is 0 Å². The summed E-state index contributed by atoms with van der Waals surface area (Å²) in [5, 5.41) is 8.30. The maximum Gasteiger partial charge on any atom is 0.209 e. The molecule has 6 aromatic rings. The van der Waals surface area contributed by atoms with Crippen LogP contribution in [-0.2, 0) is 23.1 Å². The van der Waals surface area contributed by atoms with E-state index in [2.05, 4.69) is 57.8 Å². The van der Waals surface area contributed by atoms with Crippen LogP contribution in [-0.4, -0.2) is 92.8 Å². The number of aromatic amines is 2. The normalized spacial score (nSPS) is 14.9. The molecular weight excluding hydrogens is 595 g/mol. The molecule has 6 heterocycles. The van der Waals surface area contributed by atoms with Gasteiger partial charge in [0.05, 0.1) is 28.9 Å². The highest BCUT2D eigenvalue weighted by molar-refractivity contribution is 7.88. The van der Waals surface area contributed by atoms with Gasteiger partial charge in [0.15, 0.2) is 11.5 Å². The first-order chi connectivity index (χ1) is 21.7. The molecule has 7 rings (SSSR count). The number of fused-ring (bicyclic) bond motifs is 2. The molecule has 0 saturated carbocycles. The Morgan fingerprint density at radius 1 is 0.911 bits per heavy atom. The summed E-state index contributed by atoms with van der Waals surface area (Å²) in [5.41, 5.74) is 7.03. The number of benzene rings is 1. The van der Waals surface area contributed by atoms with E-state index in [1.54, 1.807) is 18.5 Å². The first-order valence-corrected chi connectivity index (χ1v) is 16.4. The Kier molecular flexibility index (Phi) is 7.57. The van der Waals surface area contributed by atoms with E-state index in [4.69, 9.17) is 4.98 Å². The van der Waals surface area contributed by atoms with Crippen molar-refractivity contribution in [3.8, 4) is 33.8 Å². The number of aromatic nitrogens is 7. The van der Waals surface area contributed by atoms with Gasteiger partial charge in [-0.3, -0.25) is 20.0 Å². The number of likely N-dealkylation sites (N-methyl/N-ethyl adjacent to an activating group) is 1. The van der Waals surface area contributed by atoms with Crippen molar-refractivity contribution in [3.05, 3.63) is 78.3 Å². The second kappa shape index (κ2) is 11.7. The molecule has 3 N–H and O–H groups in total. The second-order valence-corrected chi connectivity index (χ2v) is 13.3. The monoisotopic (exact) mass is 626 g/mol. The summed E-state index contributed by atoms with van der Waals surface area (Å²) in [5.74, 6) is 0.00585. The number of sulfonamides is 1. The zero-order valence-corrected chi connectivity index (χ0v) is 25.6. The number of nitrogens with one attached hydrogen (secondary N) is 3. The summed E-state index contributed by atoms with van der Waals surface area (Å²) in [4.78, 5) is 26.4. The summed E-state index contributed by atoms with van der Waals surface area (Å²) < 4.78 is 40.2. The summed E-state index contributed by atoms with van der Waals surface area (Å²) in [7, 11) is -1.29. The lowest BCUT2D eigenvalue weighted by Gasteiger charge is -2.32. The summed E-state index contributed by atoms with van der Waals surface area (Å²) in [6.45, 7) is 4.98. The minimum atomic E-state index is -3.44. The van der Waals surface area contributed by atoms with E-state index < -0.39 is 15.8 Å². The molecule has 0 amide bonds. The van der Waals surface area contributed by atoms with Crippen molar-refractivity contribution in [3.63, 3.8) is 0 Å². The lowest BCUT2D eigenvalue weighted by atomic mass is 10.0. The topological polar surface area (TPSA) is 149 Å². The highest BCUT2D eigenvalue weighted by Gasteiger charge is 2.19. The Morgan fingerprint density at radius 3 is 2.51 bits per heavy atom. The molecule has 45 heavy (non-hydrogen) atoms. The predicted molar refractivity (Wildman–Crippen MR) is 170 cm³/mol. The quantitative estimate of drug-likeness (QED) is 0.231. The predicted octanol–water partition coefficient (Wildman–Crippen LogP) is 3.56. The van der Waals surface area contributed by atoms with Crippen LogP contribution in [0.1, 0.15) is 11.1 Å². The molecule has 14 heteroatoms. The van der Waals surface area contributed by atoms with Gasteiger partial charge in [-0.2, -0.15) is 5.10 Å². The van der Waals surface area contributed by atoms with E-state index in [1.165, 1.54) is 12.1 Å². The van der Waals surface area contributed by atoms with E-state index in [-0.39, 0.29) is 6.54 Å². The molecule has 0 unspecified atom stereocenters. The van der Waals surface area contributed by atoms with Crippen molar-refractivity contribution in [1.82, 2.24) is 49.6 Å². The van der Waals surface area contributed by atoms with Crippen molar-refractivity contribution in [2.75, 3.05) is 39.5 Å². The molecule has 0 aliphatic carbocycles. The van der Waals surface area contributed by atoms with Crippen LogP contribution in [0.2, 0.25) is 0 Å². The SMILES string of the molecule is CN1CCN(Cc2cncc(-c3cnc4[nH]nc(-c5nc6c(-c7cc(F)cc(CNS(C)(=O)=O)c7)cncc6[nH]5)c4c3)c2)CC1. The zero-order valence-electron chi connectivity index (χ0n) is 24.7. The highest BCUT2D eigenvalue weighted by Crippen LogP contribution is 2.33. The van der Waals surface area contributed by atoms with E-state index in [1.807, 2.05) is 24.7 Å². The first kappa shape index (κ1) is 29.1. The van der Waals surface area contributed by atoms with Gasteiger partial charge in [-0.1, -0.05) is 0 Å². The molecular formula is C31H31FN10O2S. The van der Waals surface area contributed by atoms with Crippen LogP contribution in [0.5, 0.6) is 0 Å². The molecule has 1 aromatic carbocycles. The van der Waals surface area contributed by atoms with E-state index in [9.17, 15) is 12.8 Å². The standard InChI is InChI=1S/C31H31FN10O2S/c1-41-3-5-42(6-4-41)18-20-8-22(14-33-12-20)23-11-25-29(39-40-30(25)35-15-23)31-37-27-17-34-16-26(28(27)38-31)21-7-19(9-24(32)10-21)13-36-45(2,43)44/h7-12,14-17,36H,3-6,13,18H2,1-2H3,(H,37,38)(H,35,39,40). The van der Waals surface area contributed by atoms with Crippen LogP contribution in [0.15, 0.2) is 61.3 Å². The van der Waals surface area contributed by atoms with Crippen LogP contribution >= 0.6 is 0 Å². The Balaban J connectivity index is 1.21. The van der Waals surface area contributed by atoms with Crippen LogP contribution in [0, 0.1) is 5.82 Å². The van der Waals surface area contributed by atoms with Gasteiger partial charge in [0.25, 0.3) is 0 Å². The number of nitrogens with zero attached hydrogens (tertiary/aromatic N) is 7. The Bertz CT molecular complexity index is 2140. The number of halogens is 1. The molecule has 0 bridgehead atoms. The molecule has 1 aliphatic rings. The fourth-order valence-electron chi connectivity index (χ4n) is 5.62. The smallest absolute Gasteiger partial charge is 0.209 e. The number of hydrogen-bond donors (Lipinski definition) is 3. The van der Waals surface area contributed by atoms with Gasteiger partial charge < -0.3 is 9.88 Å². The minimum Gasteiger partial charge on any atom is -0.335 e. The lowest BCUT2D eigenvalue weighted by molar-refractivity contribution is 0.148. The van der Waals surface area contributed by atoms with Crippen molar-refractivity contribution < 1.29 is 12.8 Å². The molecule has 12 nitrogen and oxygen atoms in total. The van der Waals surface area contributed by atoms with Crippen LogP contribution < -0.4 is 4.72 Å². The van der Waals surface area contributed by atoms with Gasteiger partial charge in [-0.25, -0.2) is 27.5 Å². The largest absolute Gasteiger partial charge is 0.335 e. The second-order valence-electron chi connectivity index (χ2n) is 11.5.